The Balaban J connectivity index is 0.00000676. The van der Waals surface area contributed by atoms with Gasteiger partial charge < -0.3 is 20.9 Å². The highest BCUT2D eigenvalue weighted by molar-refractivity contribution is 14.0. The zero-order chi connectivity index (χ0) is 19.4. The first-order chi connectivity index (χ1) is 12.4. The maximum absolute atomic E-state index is 11.9. The van der Waals surface area contributed by atoms with Crippen molar-refractivity contribution in [1.29, 1.82) is 0 Å². The molecule has 0 spiro atoms. The average Bonchev–Trinajstić information content (AvgIpc) is 2.56. The molecule has 0 saturated carbocycles. The SMILES string of the molecule is CN=C(NCCCCC(C)C)NCc1cccc(NC(=O)CN(C)C)c1.I. The van der Waals surface area contributed by atoms with Crippen LogP contribution in [0.1, 0.15) is 38.7 Å². The molecule has 0 atom stereocenters. The second-order valence-electron chi connectivity index (χ2n) is 7.23. The third-order valence-electron chi connectivity index (χ3n) is 3.85. The number of nitrogens with zero attached hydrogens (tertiary/aromatic N) is 2. The van der Waals surface area contributed by atoms with Crippen molar-refractivity contribution in [1.82, 2.24) is 15.5 Å². The number of carbonyl (C=O) groups excluding carboxylic acids is 1. The van der Waals surface area contributed by atoms with E-state index in [9.17, 15) is 4.79 Å². The third kappa shape index (κ3) is 12.6. The van der Waals surface area contributed by atoms with Crippen LogP contribution in [0.25, 0.3) is 0 Å². The van der Waals surface area contributed by atoms with Gasteiger partial charge in [-0.1, -0.05) is 38.8 Å². The number of hydrogen-bond acceptors (Lipinski definition) is 3. The van der Waals surface area contributed by atoms with Crippen LogP contribution in [0.3, 0.4) is 0 Å². The Bertz CT molecular complexity index is 575. The Labute approximate surface area is 181 Å². The molecule has 154 valence electrons. The lowest BCUT2D eigenvalue weighted by Gasteiger charge is -2.13. The molecule has 3 N–H and O–H groups in total. The zero-order valence-electron chi connectivity index (χ0n) is 17.3. The highest BCUT2D eigenvalue weighted by Crippen LogP contribution is 2.10. The van der Waals surface area contributed by atoms with E-state index < -0.39 is 0 Å². The van der Waals surface area contributed by atoms with E-state index >= 15 is 0 Å². The van der Waals surface area contributed by atoms with Gasteiger partial charge in [-0.05, 0) is 44.1 Å². The maximum Gasteiger partial charge on any atom is 0.238 e. The quantitative estimate of drug-likeness (QED) is 0.204. The number of carbonyl (C=O) groups is 1. The van der Waals surface area contributed by atoms with Crippen molar-refractivity contribution >= 4 is 41.5 Å². The lowest BCUT2D eigenvalue weighted by atomic mass is 10.1. The molecular weight excluding hydrogens is 453 g/mol. The van der Waals surface area contributed by atoms with Crippen molar-refractivity contribution in [3.63, 3.8) is 0 Å². The zero-order valence-corrected chi connectivity index (χ0v) is 19.7. The number of benzene rings is 1. The third-order valence-corrected chi connectivity index (χ3v) is 3.85. The summed E-state index contributed by atoms with van der Waals surface area (Å²) < 4.78 is 0. The van der Waals surface area contributed by atoms with E-state index in [1.807, 2.05) is 43.3 Å². The number of likely N-dealkylation sites (N-methyl/N-ethyl adjacent to an activating group) is 1. The van der Waals surface area contributed by atoms with E-state index in [2.05, 4.69) is 34.8 Å². The summed E-state index contributed by atoms with van der Waals surface area (Å²) in [5, 5.41) is 9.58. The molecule has 0 aromatic heterocycles. The van der Waals surface area contributed by atoms with E-state index in [4.69, 9.17) is 0 Å². The fraction of sp³-hybridized carbons (Fsp3) is 0.600. The molecule has 27 heavy (non-hydrogen) atoms. The van der Waals surface area contributed by atoms with Crippen molar-refractivity contribution < 1.29 is 4.79 Å². The van der Waals surface area contributed by atoms with Gasteiger partial charge in [0.1, 0.15) is 0 Å². The predicted octanol–water partition coefficient (Wildman–Crippen LogP) is 3.30. The van der Waals surface area contributed by atoms with Gasteiger partial charge in [0, 0.05) is 25.8 Å². The van der Waals surface area contributed by atoms with Crippen LogP contribution in [0, 0.1) is 5.92 Å². The molecule has 1 amide bonds. The Morgan fingerprint density at radius 2 is 1.93 bits per heavy atom. The smallest absolute Gasteiger partial charge is 0.238 e. The monoisotopic (exact) mass is 489 g/mol. The second kappa shape index (κ2) is 14.7. The molecule has 0 radical (unpaired) electrons. The fourth-order valence-corrected chi connectivity index (χ4v) is 2.54. The Kier molecular flexibility index (Phi) is 13.9. The van der Waals surface area contributed by atoms with E-state index in [1.54, 1.807) is 7.05 Å². The van der Waals surface area contributed by atoms with Crippen LogP contribution in [0.5, 0.6) is 0 Å². The van der Waals surface area contributed by atoms with Gasteiger partial charge in [0.05, 0.1) is 6.54 Å². The van der Waals surface area contributed by atoms with Gasteiger partial charge >= 0.3 is 0 Å². The van der Waals surface area contributed by atoms with Gasteiger partial charge in [-0.3, -0.25) is 9.79 Å². The summed E-state index contributed by atoms with van der Waals surface area (Å²) in [7, 11) is 5.53. The van der Waals surface area contributed by atoms with Crippen LogP contribution >= 0.6 is 24.0 Å². The predicted molar refractivity (Wildman–Crippen MR) is 126 cm³/mol. The molecule has 0 fully saturated rings. The lowest BCUT2D eigenvalue weighted by molar-refractivity contribution is -0.116. The molecule has 7 heteroatoms. The van der Waals surface area contributed by atoms with Crippen LogP contribution in [0.2, 0.25) is 0 Å². The molecule has 0 aliphatic carbocycles. The number of anilines is 1. The molecule has 0 unspecified atom stereocenters. The van der Waals surface area contributed by atoms with E-state index in [0.717, 1.165) is 36.1 Å². The Hall–Kier alpha value is -1.35. The van der Waals surface area contributed by atoms with E-state index in [0.29, 0.717) is 13.1 Å². The molecule has 1 aromatic carbocycles. The molecule has 0 aliphatic heterocycles. The van der Waals surface area contributed by atoms with Crippen LogP contribution in [-0.4, -0.2) is 51.0 Å². The Morgan fingerprint density at radius 3 is 2.56 bits per heavy atom. The number of aliphatic imine (C=N–C) groups is 1. The standard InChI is InChI=1S/C20H35N5O.HI/c1-16(2)9-6-7-12-22-20(21-3)23-14-17-10-8-11-18(13-17)24-19(26)15-25(4)5;/h8,10-11,13,16H,6-7,9,12,14-15H2,1-5H3,(H,24,26)(H2,21,22,23);1H. The van der Waals surface area contributed by atoms with Crippen molar-refractivity contribution in [2.75, 3.05) is 39.5 Å². The first kappa shape index (κ1) is 25.6. The van der Waals surface area contributed by atoms with Crippen molar-refractivity contribution in [2.24, 2.45) is 10.9 Å². The summed E-state index contributed by atoms with van der Waals surface area (Å²) in [5.74, 6) is 1.55. The Morgan fingerprint density at radius 1 is 1.19 bits per heavy atom. The van der Waals surface area contributed by atoms with Gasteiger partial charge in [-0.2, -0.15) is 0 Å². The van der Waals surface area contributed by atoms with Gasteiger partial charge in [-0.25, -0.2) is 0 Å². The fourth-order valence-electron chi connectivity index (χ4n) is 2.54. The first-order valence-electron chi connectivity index (χ1n) is 9.38. The number of nitrogens with one attached hydrogen (secondary N) is 3. The van der Waals surface area contributed by atoms with E-state index in [-0.39, 0.29) is 29.9 Å². The average molecular weight is 489 g/mol. The molecule has 6 nitrogen and oxygen atoms in total. The summed E-state index contributed by atoms with van der Waals surface area (Å²) >= 11 is 0. The molecule has 0 saturated heterocycles. The van der Waals surface area contributed by atoms with Crippen LogP contribution in [0.4, 0.5) is 5.69 Å². The highest BCUT2D eigenvalue weighted by atomic mass is 127. The number of guanidine groups is 1. The van der Waals surface area contributed by atoms with Crippen LogP contribution in [0.15, 0.2) is 29.3 Å². The maximum atomic E-state index is 11.9. The summed E-state index contributed by atoms with van der Waals surface area (Å²) in [6, 6.07) is 7.87. The molecule has 0 bridgehead atoms. The molecule has 0 aliphatic rings. The van der Waals surface area contributed by atoms with E-state index in [1.165, 1.54) is 12.8 Å². The largest absolute Gasteiger partial charge is 0.356 e. The highest BCUT2D eigenvalue weighted by Gasteiger charge is 2.05. The molecule has 0 heterocycles. The number of amides is 1. The number of rotatable bonds is 10. The number of halogens is 1. The van der Waals surface area contributed by atoms with Gasteiger partial charge in [0.25, 0.3) is 0 Å². The van der Waals surface area contributed by atoms with Crippen LogP contribution in [-0.2, 0) is 11.3 Å². The molecule has 1 aromatic rings. The minimum absolute atomic E-state index is 0. The first-order valence-corrected chi connectivity index (χ1v) is 9.38. The van der Waals surface area contributed by atoms with Crippen molar-refractivity contribution in [3.8, 4) is 0 Å². The summed E-state index contributed by atoms with van der Waals surface area (Å²) in [6.07, 6.45) is 3.64. The summed E-state index contributed by atoms with van der Waals surface area (Å²) in [4.78, 5) is 18.0. The number of unbranched alkanes of at least 4 members (excludes halogenated alkanes) is 1. The number of hydrogen-bond donors (Lipinski definition) is 3. The molecular formula is C20H36IN5O. The van der Waals surface area contributed by atoms with Crippen molar-refractivity contribution in [2.45, 2.75) is 39.7 Å². The van der Waals surface area contributed by atoms with Gasteiger partial charge in [0.2, 0.25) is 5.91 Å². The topological polar surface area (TPSA) is 68.8 Å². The normalized spacial score (nSPS) is 11.3. The van der Waals surface area contributed by atoms with Gasteiger partial charge in [0.15, 0.2) is 5.96 Å². The minimum atomic E-state index is -0.0148. The van der Waals surface area contributed by atoms with Crippen molar-refractivity contribution in [3.05, 3.63) is 29.8 Å². The lowest BCUT2D eigenvalue weighted by Crippen LogP contribution is -2.37. The second-order valence-corrected chi connectivity index (χ2v) is 7.23. The summed E-state index contributed by atoms with van der Waals surface area (Å²) in [6.45, 7) is 6.46. The molecule has 1 rings (SSSR count). The van der Waals surface area contributed by atoms with Crippen LogP contribution < -0.4 is 16.0 Å². The summed E-state index contributed by atoms with van der Waals surface area (Å²) in [5.41, 5.74) is 1.91. The van der Waals surface area contributed by atoms with Gasteiger partial charge in [-0.15, -0.1) is 24.0 Å². The minimum Gasteiger partial charge on any atom is -0.356 e.